The third-order valence-electron chi connectivity index (χ3n) is 3.99. The number of halogens is 1. The Morgan fingerprint density at radius 3 is 2.67 bits per heavy atom. The molecule has 0 aliphatic heterocycles. The standard InChI is InChI=1S/C15H18ClNO4/c1-21-12-7-11(16)4-3-10(12)9-17-13(18)8-15(14(19)20)5-2-6-15/h3-4,7H,2,5-6,8-9H2,1H3,(H,17,18)(H,19,20). The fourth-order valence-corrected chi connectivity index (χ4v) is 2.66. The highest BCUT2D eigenvalue weighted by Gasteiger charge is 2.45. The van der Waals surface area contributed by atoms with Gasteiger partial charge in [-0.1, -0.05) is 24.1 Å². The summed E-state index contributed by atoms with van der Waals surface area (Å²) in [6.45, 7) is 0.287. The Kier molecular flexibility index (Phi) is 4.73. The fourth-order valence-electron chi connectivity index (χ4n) is 2.50. The van der Waals surface area contributed by atoms with Crippen molar-refractivity contribution in [1.29, 1.82) is 0 Å². The molecule has 2 rings (SSSR count). The molecule has 1 aliphatic rings. The molecule has 6 heteroatoms. The minimum atomic E-state index is -0.882. The van der Waals surface area contributed by atoms with Gasteiger partial charge in [-0.25, -0.2) is 0 Å². The highest BCUT2D eigenvalue weighted by atomic mass is 35.5. The zero-order valence-electron chi connectivity index (χ0n) is 11.8. The van der Waals surface area contributed by atoms with Gasteiger partial charge >= 0.3 is 5.97 Å². The molecule has 0 heterocycles. The van der Waals surface area contributed by atoms with Crippen LogP contribution in [0.1, 0.15) is 31.2 Å². The smallest absolute Gasteiger partial charge is 0.310 e. The van der Waals surface area contributed by atoms with Crippen LogP contribution in [0.15, 0.2) is 18.2 Å². The highest BCUT2D eigenvalue weighted by molar-refractivity contribution is 6.30. The van der Waals surface area contributed by atoms with Gasteiger partial charge in [-0.2, -0.15) is 0 Å². The third kappa shape index (κ3) is 3.47. The van der Waals surface area contributed by atoms with E-state index < -0.39 is 11.4 Å². The molecule has 0 spiro atoms. The maximum absolute atomic E-state index is 12.0. The lowest BCUT2D eigenvalue weighted by Gasteiger charge is -2.36. The molecule has 1 fully saturated rings. The van der Waals surface area contributed by atoms with Crippen LogP contribution < -0.4 is 10.1 Å². The Morgan fingerprint density at radius 2 is 2.14 bits per heavy atom. The van der Waals surface area contributed by atoms with Crippen LogP contribution >= 0.6 is 11.6 Å². The average Bonchev–Trinajstić information content (AvgIpc) is 2.40. The van der Waals surface area contributed by atoms with Gasteiger partial charge in [0.2, 0.25) is 5.91 Å². The van der Waals surface area contributed by atoms with E-state index in [0.29, 0.717) is 23.6 Å². The van der Waals surface area contributed by atoms with E-state index in [2.05, 4.69) is 5.32 Å². The number of carboxylic acid groups (broad SMARTS) is 1. The lowest BCUT2D eigenvalue weighted by Crippen LogP contribution is -2.42. The number of carbonyl (C=O) groups is 2. The summed E-state index contributed by atoms with van der Waals surface area (Å²) in [7, 11) is 1.53. The van der Waals surface area contributed by atoms with E-state index in [9.17, 15) is 14.7 Å². The van der Waals surface area contributed by atoms with E-state index in [1.165, 1.54) is 7.11 Å². The summed E-state index contributed by atoms with van der Waals surface area (Å²) in [5.41, 5.74) is -0.0676. The molecular formula is C15H18ClNO4. The van der Waals surface area contributed by atoms with Gasteiger partial charge in [-0.05, 0) is 25.0 Å². The molecule has 1 aromatic carbocycles. The molecule has 0 unspecified atom stereocenters. The second-order valence-corrected chi connectivity index (χ2v) is 5.79. The Morgan fingerprint density at radius 1 is 1.43 bits per heavy atom. The van der Waals surface area contributed by atoms with E-state index in [-0.39, 0.29) is 18.9 Å². The van der Waals surface area contributed by atoms with Crippen molar-refractivity contribution in [2.45, 2.75) is 32.2 Å². The minimum Gasteiger partial charge on any atom is -0.496 e. The molecule has 2 N–H and O–H groups in total. The van der Waals surface area contributed by atoms with Crippen LogP contribution in [0, 0.1) is 5.41 Å². The zero-order valence-corrected chi connectivity index (χ0v) is 12.6. The quantitative estimate of drug-likeness (QED) is 0.846. The molecule has 1 saturated carbocycles. The number of amides is 1. The molecule has 5 nitrogen and oxygen atoms in total. The van der Waals surface area contributed by atoms with E-state index in [0.717, 1.165) is 12.0 Å². The van der Waals surface area contributed by atoms with Crippen molar-refractivity contribution in [3.05, 3.63) is 28.8 Å². The number of rotatable bonds is 6. The van der Waals surface area contributed by atoms with Crippen molar-refractivity contribution in [3.63, 3.8) is 0 Å². The topological polar surface area (TPSA) is 75.6 Å². The first-order valence-electron chi connectivity index (χ1n) is 6.79. The number of methoxy groups -OCH3 is 1. The van der Waals surface area contributed by atoms with Gasteiger partial charge < -0.3 is 15.2 Å². The van der Waals surface area contributed by atoms with Gasteiger partial charge in [0.15, 0.2) is 0 Å². The van der Waals surface area contributed by atoms with Crippen LogP contribution in [0.25, 0.3) is 0 Å². The molecule has 0 saturated heterocycles. The number of carbonyl (C=O) groups excluding carboxylic acids is 1. The van der Waals surface area contributed by atoms with Crippen molar-refractivity contribution in [2.75, 3.05) is 7.11 Å². The summed E-state index contributed by atoms with van der Waals surface area (Å²) in [5.74, 6) is -0.540. The van der Waals surface area contributed by atoms with Crippen LogP contribution in [0.5, 0.6) is 5.75 Å². The normalized spacial score (nSPS) is 15.9. The molecule has 0 aromatic heterocycles. The monoisotopic (exact) mass is 311 g/mol. The number of benzene rings is 1. The van der Waals surface area contributed by atoms with Crippen LogP contribution in [-0.2, 0) is 16.1 Å². The predicted molar refractivity (Wildman–Crippen MR) is 78.4 cm³/mol. The van der Waals surface area contributed by atoms with E-state index >= 15 is 0 Å². The number of aliphatic carboxylic acids is 1. The van der Waals surface area contributed by atoms with Crippen molar-refractivity contribution in [2.24, 2.45) is 5.41 Å². The first-order chi connectivity index (χ1) is 9.97. The fraction of sp³-hybridized carbons (Fsp3) is 0.467. The summed E-state index contributed by atoms with van der Waals surface area (Å²) in [5, 5.41) is 12.5. The van der Waals surface area contributed by atoms with Crippen molar-refractivity contribution < 1.29 is 19.4 Å². The zero-order chi connectivity index (χ0) is 15.5. The van der Waals surface area contributed by atoms with Gasteiger partial charge in [-0.15, -0.1) is 0 Å². The predicted octanol–water partition coefficient (Wildman–Crippen LogP) is 2.61. The van der Waals surface area contributed by atoms with Crippen molar-refractivity contribution in [1.82, 2.24) is 5.32 Å². The maximum atomic E-state index is 12.0. The number of hydrogen-bond acceptors (Lipinski definition) is 3. The van der Waals surface area contributed by atoms with Crippen molar-refractivity contribution >= 4 is 23.5 Å². The van der Waals surface area contributed by atoms with Gasteiger partial charge in [0.25, 0.3) is 0 Å². The Balaban J connectivity index is 1.94. The summed E-state index contributed by atoms with van der Waals surface area (Å²) in [6.07, 6.45) is 2.03. The molecule has 1 amide bonds. The van der Waals surface area contributed by atoms with Gasteiger partial charge in [0.1, 0.15) is 5.75 Å². The second kappa shape index (κ2) is 6.35. The Bertz CT molecular complexity index is 555. The van der Waals surface area contributed by atoms with E-state index in [1.807, 2.05) is 0 Å². The maximum Gasteiger partial charge on any atom is 0.310 e. The molecule has 21 heavy (non-hydrogen) atoms. The third-order valence-corrected chi connectivity index (χ3v) is 4.22. The van der Waals surface area contributed by atoms with Crippen LogP contribution in [-0.4, -0.2) is 24.1 Å². The summed E-state index contributed by atoms with van der Waals surface area (Å²) >= 11 is 5.87. The summed E-state index contributed by atoms with van der Waals surface area (Å²) < 4.78 is 5.20. The van der Waals surface area contributed by atoms with Crippen LogP contribution in [0.4, 0.5) is 0 Å². The number of carboxylic acids is 1. The van der Waals surface area contributed by atoms with Crippen molar-refractivity contribution in [3.8, 4) is 5.75 Å². The van der Waals surface area contributed by atoms with Gasteiger partial charge in [-0.3, -0.25) is 9.59 Å². The molecule has 1 aliphatic carbocycles. The molecule has 0 radical (unpaired) electrons. The van der Waals surface area contributed by atoms with Gasteiger partial charge in [0.05, 0.1) is 12.5 Å². The van der Waals surface area contributed by atoms with E-state index in [1.54, 1.807) is 18.2 Å². The molecule has 0 bridgehead atoms. The summed E-state index contributed by atoms with van der Waals surface area (Å²) in [6, 6.07) is 5.17. The lowest BCUT2D eigenvalue weighted by molar-refractivity contribution is -0.157. The SMILES string of the molecule is COc1cc(Cl)ccc1CNC(=O)CC1(C(=O)O)CCC1. The number of nitrogens with one attached hydrogen (secondary N) is 1. The first kappa shape index (κ1) is 15.6. The second-order valence-electron chi connectivity index (χ2n) is 5.35. The average molecular weight is 312 g/mol. The number of hydrogen-bond donors (Lipinski definition) is 2. The van der Waals surface area contributed by atoms with E-state index in [4.69, 9.17) is 16.3 Å². The van der Waals surface area contributed by atoms with Crippen LogP contribution in [0.2, 0.25) is 5.02 Å². The molecule has 0 atom stereocenters. The molecule has 1 aromatic rings. The van der Waals surface area contributed by atoms with Crippen LogP contribution in [0.3, 0.4) is 0 Å². The Hall–Kier alpha value is -1.75. The van der Waals surface area contributed by atoms with Gasteiger partial charge in [0, 0.05) is 23.6 Å². The highest BCUT2D eigenvalue weighted by Crippen LogP contribution is 2.44. The number of ether oxygens (including phenoxy) is 1. The Labute approximate surface area is 128 Å². The minimum absolute atomic E-state index is 0.0260. The largest absolute Gasteiger partial charge is 0.496 e. The summed E-state index contributed by atoms with van der Waals surface area (Å²) in [4.78, 5) is 23.2. The first-order valence-corrected chi connectivity index (χ1v) is 7.17. The lowest BCUT2D eigenvalue weighted by atomic mass is 9.66. The molecule has 114 valence electrons. The molecular weight excluding hydrogens is 294 g/mol.